The number of nitrogens with zero attached hydrogens (tertiary/aromatic N) is 3. The molecule has 3 aliphatic rings. The van der Waals surface area contributed by atoms with Crippen molar-refractivity contribution >= 4 is 17.5 Å². The third-order valence-corrected chi connectivity index (χ3v) is 6.71. The fraction of sp³-hybridized carbons (Fsp3) is 0.636. The average Bonchev–Trinajstić information content (AvgIpc) is 3.25. The Morgan fingerprint density at radius 2 is 2.06 bits per heavy atom. The van der Waals surface area contributed by atoms with Crippen LogP contribution in [-0.4, -0.2) is 42.0 Å². The van der Waals surface area contributed by atoms with E-state index in [1.807, 2.05) is 0 Å². The summed E-state index contributed by atoms with van der Waals surface area (Å²) < 4.78 is 44.8. The maximum Gasteiger partial charge on any atom is 0.394 e. The van der Waals surface area contributed by atoms with Gasteiger partial charge in [0.1, 0.15) is 17.9 Å². The summed E-state index contributed by atoms with van der Waals surface area (Å²) in [6, 6.07) is 3.33. The molecule has 4 rings (SSSR count). The number of hydrazine groups is 1. The lowest BCUT2D eigenvalue weighted by molar-refractivity contribution is -0.192. The number of carbonyl (C=O) groups is 1. The minimum atomic E-state index is -4.18. The SMILES string of the molecule is CC1CN(c2nc(N3C=CC(OCCC4(C(F)(F)F)CC4)N3)ccc2C(N)=O)C(C)(C)C1. The molecule has 176 valence electrons. The zero-order chi connectivity index (χ0) is 23.3. The molecule has 1 saturated heterocycles. The van der Waals surface area contributed by atoms with Crippen LogP contribution >= 0.6 is 0 Å². The van der Waals surface area contributed by atoms with Crippen LogP contribution in [0.4, 0.5) is 24.8 Å². The molecule has 0 spiro atoms. The van der Waals surface area contributed by atoms with Crippen LogP contribution in [0.25, 0.3) is 0 Å². The average molecular weight is 454 g/mol. The van der Waals surface area contributed by atoms with Crippen molar-refractivity contribution < 1.29 is 22.7 Å². The molecule has 1 aromatic heterocycles. The first-order valence-corrected chi connectivity index (χ1v) is 10.9. The normalized spacial score (nSPS) is 26.1. The number of primary amides is 1. The summed E-state index contributed by atoms with van der Waals surface area (Å²) >= 11 is 0. The number of pyridine rings is 1. The Kier molecular flexibility index (Phi) is 5.65. The van der Waals surface area contributed by atoms with Gasteiger partial charge in [0, 0.05) is 24.9 Å². The summed E-state index contributed by atoms with van der Waals surface area (Å²) in [6.07, 6.45) is -0.0232. The molecule has 2 atom stereocenters. The van der Waals surface area contributed by atoms with E-state index in [4.69, 9.17) is 15.5 Å². The molecule has 0 bridgehead atoms. The minimum absolute atomic E-state index is 0.00844. The second-order valence-electron chi connectivity index (χ2n) is 9.80. The van der Waals surface area contributed by atoms with E-state index in [2.05, 4.69) is 31.1 Å². The van der Waals surface area contributed by atoms with E-state index in [1.165, 1.54) is 0 Å². The number of alkyl halides is 3. The van der Waals surface area contributed by atoms with Gasteiger partial charge in [0.25, 0.3) is 5.91 Å². The maximum absolute atomic E-state index is 13.1. The number of anilines is 2. The van der Waals surface area contributed by atoms with Crippen molar-refractivity contribution in [2.24, 2.45) is 17.1 Å². The lowest BCUT2D eigenvalue weighted by Crippen LogP contribution is -2.41. The molecule has 1 saturated carbocycles. The van der Waals surface area contributed by atoms with E-state index in [0.29, 0.717) is 23.1 Å². The highest BCUT2D eigenvalue weighted by molar-refractivity contribution is 5.98. The molecule has 2 unspecified atom stereocenters. The van der Waals surface area contributed by atoms with Gasteiger partial charge in [0.15, 0.2) is 0 Å². The molecule has 1 aromatic rings. The third-order valence-electron chi connectivity index (χ3n) is 6.71. The molecule has 1 amide bonds. The van der Waals surface area contributed by atoms with E-state index >= 15 is 0 Å². The van der Waals surface area contributed by atoms with Crippen LogP contribution in [0.1, 0.15) is 56.8 Å². The zero-order valence-electron chi connectivity index (χ0n) is 18.6. The first kappa shape index (κ1) is 22.8. The van der Waals surface area contributed by atoms with Crippen molar-refractivity contribution in [1.29, 1.82) is 0 Å². The summed E-state index contributed by atoms with van der Waals surface area (Å²) in [5, 5.41) is 1.64. The van der Waals surface area contributed by atoms with Gasteiger partial charge in [0.05, 0.1) is 11.0 Å². The first-order chi connectivity index (χ1) is 14.9. The Balaban J connectivity index is 1.43. The molecule has 2 aliphatic heterocycles. The van der Waals surface area contributed by atoms with Crippen LogP contribution < -0.4 is 21.1 Å². The standard InChI is InChI=1S/C22H30F3N5O2/c1-14-12-20(2,3)29(13-14)19-15(18(26)31)4-5-16(27-19)30-10-6-17(28-30)32-11-9-21(7-8-21)22(23,24)25/h4-6,10,14,17,28H,7-9,11-13H2,1-3H3,(H2,26,31). The summed E-state index contributed by atoms with van der Waals surface area (Å²) in [7, 11) is 0. The lowest BCUT2D eigenvalue weighted by atomic mass is 9.97. The fourth-order valence-corrected chi connectivity index (χ4v) is 4.76. The van der Waals surface area contributed by atoms with Gasteiger partial charge in [-0.3, -0.25) is 9.80 Å². The van der Waals surface area contributed by atoms with Gasteiger partial charge in [0.2, 0.25) is 0 Å². The monoisotopic (exact) mass is 453 g/mol. The van der Waals surface area contributed by atoms with Crippen molar-refractivity contribution in [3.63, 3.8) is 0 Å². The van der Waals surface area contributed by atoms with Crippen LogP contribution in [-0.2, 0) is 4.74 Å². The number of amides is 1. The highest BCUT2D eigenvalue weighted by Crippen LogP contribution is 2.59. The van der Waals surface area contributed by atoms with Gasteiger partial charge >= 0.3 is 6.18 Å². The molecule has 7 nitrogen and oxygen atoms in total. The van der Waals surface area contributed by atoms with Crippen LogP contribution in [0, 0.1) is 11.3 Å². The number of rotatable bonds is 7. The van der Waals surface area contributed by atoms with E-state index < -0.39 is 23.7 Å². The van der Waals surface area contributed by atoms with Crippen molar-refractivity contribution in [3.05, 3.63) is 30.0 Å². The van der Waals surface area contributed by atoms with E-state index in [0.717, 1.165) is 13.0 Å². The number of halogens is 3. The van der Waals surface area contributed by atoms with Crippen LogP contribution in [0.3, 0.4) is 0 Å². The van der Waals surface area contributed by atoms with Crippen LogP contribution in [0.2, 0.25) is 0 Å². The van der Waals surface area contributed by atoms with Gasteiger partial charge in [-0.25, -0.2) is 4.98 Å². The molecule has 0 radical (unpaired) electrons. The van der Waals surface area contributed by atoms with Crippen molar-refractivity contribution in [2.75, 3.05) is 23.1 Å². The smallest absolute Gasteiger partial charge is 0.365 e. The number of nitrogens with one attached hydrogen (secondary N) is 1. The summed E-state index contributed by atoms with van der Waals surface area (Å²) in [5.41, 5.74) is 7.29. The summed E-state index contributed by atoms with van der Waals surface area (Å²) in [5.74, 6) is 0.978. The van der Waals surface area contributed by atoms with Gasteiger partial charge in [-0.05, 0) is 63.7 Å². The zero-order valence-corrected chi connectivity index (χ0v) is 18.6. The molecule has 2 fully saturated rings. The summed E-state index contributed by atoms with van der Waals surface area (Å²) in [6.45, 7) is 7.16. The lowest BCUT2D eigenvalue weighted by Gasteiger charge is -2.34. The maximum atomic E-state index is 13.1. The van der Waals surface area contributed by atoms with Crippen LogP contribution in [0.5, 0.6) is 0 Å². The van der Waals surface area contributed by atoms with Gasteiger partial charge in [-0.2, -0.15) is 18.6 Å². The van der Waals surface area contributed by atoms with Crippen molar-refractivity contribution in [1.82, 2.24) is 10.4 Å². The second kappa shape index (κ2) is 7.91. The summed E-state index contributed by atoms with van der Waals surface area (Å²) in [4.78, 5) is 18.9. The number of nitrogens with two attached hydrogens (primary N) is 1. The van der Waals surface area contributed by atoms with Gasteiger partial charge in [-0.1, -0.05) is 6.92 Å². The Bertz CT molecular complexity index is 913. The van der Waals surface area contributed by atoms with E-state index in [-0.39, 0.29) is 31.4 Å². The molecule has 32 heavy (non-hydrogen) atoms. The van der Waals surface area contributed by atoms with Gasteiger partial charge < -0.3 is 15.4 Å². The molecule has 3 heterocycles. The number of ether oxygens (including phenoxy) is 1. The largest absolute Gasteiger partial charge is 0.394 e. The van der Waals surface area contributed by atoms with Crippen LogP contribution in [0.15, 0.2) is 24.4 Å². The number of hydrogen-bond donors (Lipinski definition) is 2. The van der Waals surface area contributed by atoms with Gasteiger partial charge in [-0.15, -0.1) is 0 Å². The Hall–Kier alpha value is -2.33. The topological polar surface area (TPSA) is 83.7 Å². The van der Waals surface area contributed by atoms with Crippen molar-refractivity contribution in [2.45, 2.75) is 64.4 Å². The Labute approximate surface area is 185 Å². The second-order valence-corrected chi connectivity index (χ2v) is 9.80. The molecular weight excluding hydrogens is 423 g/mol. The predicted octanol–water partition coefficient (Wildman–Crippen LogP) is 3.72. The molecular formula is C22H30F3N5O2. The third kappa shape index (κ3) is 4.30. The fourth-order valence-electron chi connectivity index (χ4n) is 4.76. The molecule has 0 aromatic carbocycles. The molecule has 1 aliphatic carbocycles. The Morgan fingerprint density at radius 3 is 2.62 bits per heavy atom. The quantitative estimate of drug-likeness (QED) is 0.655. The highest BCUT2D eigenvalue weighted by atomic mass is 19.4. The number of carbonyl (C=O) groups excluding carboxylic acids is 1. The van der Waals surface area contributed by atoms with E-state index in [1.54, 1.807) is 29.4 Å². The molecule has 3 N–H and O–H groups in total. The highest BCUT2D eigenvalue weighted by Gasteiger charge is 2.62. The Morgan fingerprint density at radius 1 is 1.34 bits per heavy atom. The van der Waals surface area contributed by atoms with E-state index in [9.17, 15) is 18.0 Å². The number of aromatic nitrogens is 1. The first-order valence-electron chi connectivity index (χ1n) is 10.9. The predicted molar refractivity (Wildman–Crippen MR) is 115 cm³/mol. The number of hydrogen-bond acceptors (Lipinski definition) is 6. The molecule has 10 heteroatoms. The van der Waals surface area contributed by atoms with Crippen molar-refractivity contribution in [3.8, 4) is 0 Å². The minimum Gasteiger partial charge on any atom is -0.365 e.